The fraction of sp³-hybridized carbons (Fsp3) is 0.688. The van der Waals surface area contributed by atoms with Crippen LogP contribution in [0.4, 0.5) is 0 Å². The molecule has 0 aromatic carbocycles. The molecule has 0 spiro atoms. The minimum absolute atomic E-state index is 0.0275. The van der Waals surface area contributed by atoms with Gasteiger partial charge in [-0.05, 0) is 31.4 Å². The molecule has 0 bridgehead atoms. The molecule has 1 heterocycles. The summed E-state index contributed by atoms with van der Waals surface area (Å²) >= 11 is 0. The normalized spacial score (nSPS) is 14.4. The quantitative estimate of drug-likeness (QED) is 0.590. The largest absolute Gasteiger partial charge is 0.371 e. The van der Waals surface area contributed by atoms with Crippen LogP contribution in [0.5, 0.6) is 0 Å². The van der Waals surface area contributed by atoms with Crippen molar-refractivity contribution in [1.29, 1.82) is 0 Å². The van der Waals surface area contributed by atoms with Crippen LogP contribution in [0.2, 0.25) is 0 Å². The van der Waals surface area contributed by atoms with Crippen molar-refractivity contribution >= 4 is 0 Å². The van der Waals surface area contributed by atoms with Gasteiger partial charge in [0.2, 0.25) is 0 Å². The number of aromatic nitrogens is 1. The number of ether oxygens (including phenoxy) is 1. The van der Waals surface area contributed by atoms with Crippen LogP contribution in [0.1, 0.15) is 64.9 Å². The monoisotopic (exact) mass is 249 g/mol. The molecule has 0 aliphatic heterocycles. The van der Waals surface area contributed by atoms with E-state index in [0.29, 0.717) is 6.61 Å². The molecule has 1 rings (SSSR count). The van der Waals surface area contributed by atoms with Gasteiger partial charge in [0, 0.05) is 12.4 Å². The average Bonchev–Trinajstić information content (AvgIpc) is 2.39. The molecule has 0 N–H and O–H groups in total. The second-order valence-corrected chi connectivity index (χ2v) is 5.31. The topological polar surface area (TPSA) is 22.1 Å². The van der Waals surface area contributed by atoms with Crippen molar-refractivity contribution in [2.45, 2.75) is 71.5 Å². The highest BCUT2D eigenvalue weighted by Crippen LogP contribution is 2.26. The van der Waals surface area contributed by atoms with E-state index in [1.54, 1.807) is 6.20 Å². The lowest BCUT2D eigenvalue weighted by molar-refractivity contribution is -0.0566. The Balaban J connectivity index is 2.45. The lowest BCUT2D eigenvalue weighted by Gasteiger charge is -2.30. The zero-order chi connectivity index (χ0) is 13.3. The van der Waals surface area contributed by atoms with Gasteiger partial charge in [-0.3, -0.25) is 4.98 Å². The summed E-state index contributed by atoms with van der Waals surface area (Å²) in [5, 5.41) is 0. The highest BCUT2D eigenvalue weighted by atomic mass is 16.5. The van der Waals surface area contributed by atoms with Crippen molar-refractivity contribution < 1.29 is 4.74 Å². The molecule has 0 radical (unpaired) electrons. The molecule has 1 unspecified atom stereocenters. The van der Waals surface area contributed by atoms with Crippen LogP contribution in [-0.2, 0) is 11.3 Å². The van der Waals surface area contributed by atoms with E-state index in [0.717, 1.165) is 18.4 Å². The lowest BCUT2D eigenvalue weighted by Crippen LogP contribution is -2.28. The van der Waals surface area contributed by atoms with E-state index in [2.05, 4.69) is 31.8 Å². The summed E-state index contributed by atoms with van der Waals surface area (Å²) in [6.45, 7) is 7.40. The average molecular weight is 249 g/mol. The maximum Gasteiger partial charge on any atom is 0.0739 e. The fourth-order valence-corrected chi connectivity index (χ4v) is 2.29. The maximum atomic E-state index is 6.16. The summed E-state index contributed by atoms with van der Waals surface area (Å²) in [5.74, 6) is 0. The third kappa shape index (κ3) is 5.63. The van der Waals surface area contributed by atoms with Crippen molar-refractivity contribution in [1.82, 2.24) is 4.98 Å². The van der Waals surface area contributed by atoms with E-state index in [1.165, 1.54) is 25.7 Å². The Kier molecular flexibility index (Phi) is 6.96. The SMILES string of the molecule is CCCCCC(C)(CCC)OCc1cccnc1. The van der Waals surface area contributed by atoms with E-state index < -0.39 is 0 Å². The smallest absolute Gasteiger partial charge is 0.0739 e. The van der Waals surface area contributed by atoms with Crippen LogP contribution in [0.3, 0.4) is 0 Å². The van der Waals surface area contributed by atoms with E-state index in [-0.39, 0.29) is 5.60 Å². The molecule has 102 valence electrons. The molecule has 0 aliphatic carbocycles. The van der Waals surface area contributed by atoms with Gasteiger partial charge in [-0.15, -0.1) is 0 Å². The molecule has 0 amide bonds. The van der Waals surface area contributed by atoms with E-state index >= 15 is 0 Å². The number of rotatable bonds is 9. The Bertz CT molecular complexity index is 312. The van der Waals surface area contributed by atoms with Crippen LogP contribution in [0.25, 0.3) is 0 Å². The maximum absolute atomic E-state index is 6.16. The van der Waals surface area contributed by atoms with Gasteiger partial charge in [-0.1, -0.05) is 45.6 Å². The van der Waals surface area contributed by atoms with Crippen LogP contribution in [-0.4, -0.2) is 10.6 Å². The van der Waals surface area contributed by atoms with E-state index in [9.17, 15) is 0 Å². The van der Waals surface area contributed by atoms with Crippen molar-refractivity contribution in [3.8, 4) is 0 Å². The highest BCUT2D eigenvalue weighted by Gasteiger charge is 2.23. The molecule has 0 fully saturated rings. The standard InChI is InChI=1S/C16H27NO/c1-4-6-7-11-16(3,10-5-2)18-14-15-9-8-12-17-13-15/h8-9,12-13H,4-7,10-11,14H2,1-3H3. The first-order valence-corrected chi connectivity index (χ1v) is 7.23. The van der Waals surface area contributed by atoms with Crippen molar-refractivity contribution in [3.05, 3.63) is 30.1 Å². The number of pyridine rings is 1. The first-order valence-electron chi connectivity index (χ1n) is 7.23. The van der Waals surface area contributed by atoms with Gasteiger partial charge in [0.25, 0.3) is 0 Å². The Hall–Kier alpha value is -0.890. The molecule has 1 aromatic heterocycles. The summed E-state index contributed by atoms with van der Waals surface area (Å²) in [5.41, 5.74) is 1.19. The zero-order valence-corrected chi connectivity index (χ0v) is 12.1. The lowest BCUT2D eigenvalue weighted by atomic mass is 9.93. The van der Waals surface area contributed by atoms with Gasteiger partial charge in [0.1, 0.15) is 0 Å². The molecular weight excluding hydrogens is 222 g/mol. The van der Waals surface area contributed by atoms with Gasteiger partial charge < -0.3 is 4.74 Å². The van der Waals surface area contributed by atoms with Gasteiger partial charge >= 0.3 is 0 Å². The summed E-state index contributed by atoms with van der Waals surface area (Å²) in [6.07, 6.45) is 11.0. The van der Waals surface area contributed by atoms with Gasteiger partial charge in [0.15, 0.2) is 0 Å². The highest BCUT2D eigenvalue weighted by molar-refractivity contribution is 5.06. The number of nitrogens with zero attached hydrogens (tertiary/aromatic N) is 1. The Labute approximate surface area is 112 Å². The summed E-state index contributed by atoms with van der Waals surface area (Å²) in [4.78, 5) is 4.13. The fourth-order valence-electron chi connectivity index (χ4n) is 2.29. The van der Waals surface area contributed by atoms with Crippen LogP contribution in [0, 0.1) is 0 Å². The molecule has 0 saturated heterocycles. The molecular formula is C16H27NO. The van der Waals surface area contributed by atoms with Crippen LogP contribution in [0.15, 0.2) is 24.5 Å². The second-order valence-electron chi connectivity index (χ2n) is 5.31. The number of unbranched alkanes of at least 4 members (excludes halogenated alkanes) is 2. The molecule has 0 saturated carbocycles. The Morgan fingerprint density at radius 2 is 2.00 bits per heavy atom. The molecule has 2 heteroatoms. The summed E-state index contributed by atoms with van der Waals surface area (Å²) < 4.78 is 6.16. The van der Waals surface area contributed by atoms with Crippen LogP contribution >= 0.6 is 0 Å². The zero-order valence-electron chi connectivity index (χ0n) is 12.1. The first kappa shape index (κ1) is 15.2. The molecule has 1 atom stereocenters. The van der Waals surface area contributed by atoms with Crippen molar-refractivity contribution in [2.75, 3.05) is 0 Å². The minimum Gasteiger partial charge on any atom is -0.371 e. The van der Waals surface area contributed by atoms with E-state index in [1.807, 2.05) is 12.3 Å². The molecule has 1 aromatic rings. The first-order chi connectivity index (χ1) is 8.70. The van der Waals surface area contributed by atoms with E-state index in [4.69, 9.17) is 4.74 Å². The summed E-state index contributed by atoms with van der Waals surface area (Å²) in [7, 11) is 0. The van der Waals surface area contributed by atoms with Gasteiger partial charge in [-0.25, -0.2) is 0 Å². The predicted octanol–water partition coefficient (Wildman–Crippen LogP) is 4.74. The Morgan fingerprint density at radius 3 is 2.61 bits per heavy atom. The third-order valence-electron chi connectivity index (χ3n) is 3.40. The molecule has 2 nitrogen and oxygen atoms in total. The van der Waals surface area contributed by atoms with Gasteiger partial charge in [0.05, 0.1) is 12.2 Å². The third-order valence-corrected chi connectivity index (χ3v) is 3.40. The van der Waals surface area contributed by atoms with Crippen molar-refractivity contribution in [2.24, 2.45) is 0 Å². The van der Waals surface area contributed by atoms with Crippen LogP contribution < -0.4 is 0 Å². The second kappa shape index (κ2) is 8.25. The number of hydrogen-bond acceptors (Lipinski definition) is 2. The Morgan fingerprint density at radius 1 is 1.17 bits per heavy atom. The van der Waals surface area contributed by atoms with Crippen molar-refractivity contribution in [3.63, 3.8) is 0 Å². The molecule has 0 aliphatic rings. The molecule has 18 heavy (non-hydrogen) atoms. The number of hydrogen-bond donors (Lipinski definition) is 0. The minimum atomic E-state index is 0.0275. The predicted molar refractivity (Wildman–Crippen MR) is 76.5 cm³/mol. The summed E-state index contributed by atoms with van der Waals surface area (Å²) in [6, 6.07) is 4.04. The van der Waals surface area contributed by atoms with Gasteiger partial charge in [-0.2, -0.15) is 0 Å².